The smallest absolute Gasteiger partial charge is 0.417 e. The van der Waals surface area contributed by atoms with Gasteiger partial charge in [0.15, 0.2) is 25.0 Å². The molecule has 0 aromatic heterocycles. The molecule has 10 heteroatoms. The fourth-order valence-corrected chi connectivity index (χ4v) is 16.9. The van der Waals surface area contributed by atoms with Gasteiger partial charge in [-0.3, -0.25) is 4.79 Å². The summed E-state index contributed by atoms with van der Waals surface area (Å²) < 4.78 is 19.7. The lowest BCUT2D eigenvalue weighted by atomic mass is 10.5. The lowest BCUT2D eigenvalue weighted by molar-refractivity contribution is -0.118. The monoisotopic (exact) mass is 429 g/mol. The maximum atomic E-state index is 11.3. The third-order valence-electron chi connectivity index (χ3n) is 2.49. The first-order valence-electron chi connectivity index (χ1n) is 8.51. The summed E-state index contributed by atoms with van der Waals surface area (Å²) in [6, 6.07) is 0.731. The van der Waals surface area contributed by atoms with Crippen LogP contribution in [-0.4, -0.2) is 52.1 Å². The van der Waals surface area contributed by atoms with Crippen LogP contribution in [0, 0.1) is 0 Å². The Balaban J connectivity index is 5.27. The highest BCUT2D eigenvalue weighted by atomic mass is 35.5. The molecule has 24 heavy (non-hydrogen) atoms. The summed E-state index contributed by atoms with van der Waals surface area (Å²) >= 11 is 5.52. The molecular weight excluding hydrogens is 394 g/mol. The van der Waals surface area contributed by atoms with Gasteiger partial charge in [0.2, 0.25) is 5.91 Å². The first kappa shape index (κ1) is 24.5. The summed E-state index contributed by atoms with van der Waals surface area (Å²) in [6.07, 6.45) is 0.772. The van der Waals surface area contributed by atoms with Gasteiger partial charge in [-0.15, -0.1) is 11.6 Å². The Morgan fingerprint density at radius 3 is 1.50 bits per heavy atom. The Hall–Kier alpha value is 0.508. The largest absolute Gasteiger partial charge is 0.469 e. The normalized spacial score (nSPS) is 13.9. The molecule has 1 amide bonds. The maximum absolute atomic E-state index is 11.3. The van der Waals surface area contributed by atoms with Crippen LogP contribution in [0.1, 0.15) is 6.42 Å². The zero-order chi connectivity index (χ0) is 19.2. The average Bonchev–Trinajstić information content (AvgIpc) is 2.27. The second-order valence-electron chi connectivity index (χ2n) is 8.91. The minimum Gasteiger partial charge on any atom is -0.417 e. The van der Waals surface area contributed by atoms with Crippen molar-refractivity contribution in [2.75, 3.05) is 12.4 Å². The van der Waals surface area contributed by atoms with Gasteiger partial charge in [-0.05, 0) is 65.3 Å². The van der Waals surface area contributed by atoms with Crippen molar-refractivity contribution < 1.29 is 17.1 Å². The van der Waals surface area contributed by atoms with E-state index in [0.29, 0.717) is 6.54 Å². The number of hydrogen-bond donors (Lipinski definition) is 1. The van der Waals surface area contributed by atoms with Gasteiger partial charge in [-0.25, -0.2) is 0 Å². The SMILES string of the molecule is C[Si](C)(C)O[Si](CCCNC(=O)CCl)(O[Si](C)(C)C)O[Si](C)(C)C. The summed E-state index contributed by atoms with van der Waals surface area (Å²) in [5.74, 6) is -0.155. The van der Waals surface area contributed by atoms with Crippen LogP contribution in [0.4, 0.5) is 0 Å². The second-order valence-corrected chi connectivity index (χ2v) is 26.2. The van der Waals surface area contributed by atoms with Gasteiger partial charge in [-0.2, -0.15) is 0 Å². The van der Waals surface area contributed by atoms with Crippen LogP contribution in [0.2, 0.25) is 65.0 Å². The fraction of sp³-hybridized carbons (Fsp3) is 0.929. The number of hydrogen-bond acceptors (Lipinski definition) is 4. The summed E-state index contributed by atoms with van der Waals surface area (Å²) in [5.41, 5.74) is 0. The molecule has 0 aliphatic heterocycles. The highest BCUT2D eigenvalue weighted by Crippen LogP contribution is 2.29. The molecule has 1 N–H and O–H groups in total. The van der Waals surface area contributed by atoms with E-state index in [0.717, 1.165) is 12.5 Å². The van der Waals surface area contributed by atoms with Gasteiger partial charge < -0.3 is 17.7 Å². The third kappa shape index (κ3) is 12.8. The molecule has 0 aromatic carbocycles. The number of halogens is 1. The van der Waals surface area contributed by atoms with Crippen molar-refractivity contribution in [3.63, 3.8) is 0 Å². The quantitative estimate of drug-likeness (QED) is 0.303. The Kier molecular flexibility index (Phi) is 9.65. The van der Waals surface area contributed by atoms with Crippen molar-refractivity contribution in [3.05, 3.63) is 0 Å². The number of nitrogens with one attached hydrogen (secondary N) is 1. The van der Waals surface area contributed by atoms with Gasteiger partial charge in [0.05, 0.1) is 0 Å². The number of rotatable bonds is 11. The van der Waals surface area contributed by atoms with E-state index >= 15 is 0 Å². The van der Waals surface area contributed by atoms with E-state index in [1.807, 2.05) is 0 Å². The molecular formula is C14H36ClNO4Si4. The third-order valence-corrected chi connectivity index (χ3v) is 14.8. The molecule has 144 valence electrons. The summed E-state index contributed by atoms with van der Waals surface area (Å²) in [4.78, 5) is 11.3. The molecule has 0 spiro atoms. The van der Waals surface area contributed by atoms with Crippen molar-refractivity contribution in [2.45, 2.75) is 71.4 Å². The van der Waals surface area contributed by atoms with Crippen molar-refractivity contribution in [3.8, 4) is 0 Å². The molecule has 0 unspecified atom stereocenters. The Labute approximate surface area is 157 Å². The fourth-order valence-electron chi connectivity index (χ4n) is 2.20. The van der Waals surface area contributed by atoms with Crippen LogP contribution in [0.3, 0.4) is 0 Å². The van der Waals surface area contributed by atoms with Crippen molar-refractivity contribution in [1.82, 2.24) is 5.32 Å². The van der Waals surface area contributed by atoms with E-state index in [1.165, 1.54) is 0 Å². The summed E-state index contributed by atoms with van der Waals surface area (Å²) in [6.45, 7) is 20.1. The molecule has 5 nitrogen and oxygen atoms in total. The van der Waals surface area contributed by atoms with Gasteiger partial charge >= 0.3 is 8.80 Å². The van der Waals surface area contributed by atoms with Crippen LogP contribution >= 0.6 is 11.6 Å². The molecule has 0 radical (unpaired) electrons. The van der Waals surface area contributed by atoms with Gasteiger partial charge in [0.1, 0.15) is 5.88 Å². The second kappa shape index (κ2) is 9.45. The van der Waals surface area contributed by atoms with Gasteiger partial charge in [0, 0.05) is 12.6 Å². The predicted octanol–water partition coefficient (Wildman–Crippen LogP) is 4.22. The van der Waals surface area contributed by atoms with Crippen molar-refractivity contribution in [2.24, 2.45) is 0 Å². The minimum absolute atomic E-state index is 0.00914. The van der Waals surface area contributed by atoms with E-state index in [1.54, 1.807) is 0 Å². The van der Waals surface area contributed by atoms with E-state index < -0.39 is 33.8 Å². The maximum Gasteiger partial charge on any atom is 0.469 e. The number of carbonyl (C=O) groups is 1. The van der Waals surface area contributed by atoms with E-state index in [-0.39, 0.29) is 11.8 Å². The predicted molar refractivity (Wildman–Crippen MR) is 112 cm³/mol. The molecule has 0 bridgehead atoms. The molecule has 0 saturated heterocycles. The molecule has 0 atom stereocenters. The number of amides is 1. The Morgan fingerprint density at radius 1 is 0.833 bits per heavy atom. The van der Waals surface area contributed by atoms with E-state index in [2.05, 4.69) is 64.2 Å². The topological polar surface area (TPSA) is 56.8 Å². The number of carbonyl (C=O) groups excluding carboxylic acids is 1. The summed E-state index contributed by atoms with van der Waals surface area (Å²) in [5, 5.41) is 2.81. The van der Waals surface area contributed by atoms with Crippen molar-refractivity contribution >= 4 is 51.3 Å². The van der Waals surface area contributed by atoms with Gasteiger partial charge in [-0.1, -0.05) is 0 Å². The van der Waals surface area contributed by atoms with Crippen LogP contribution < -0.4 is 5.32 Å². The highest BCUT2D eigenvalue weighted by molar-refractivity contribution is 6.90. The number of alkyl halides is 1. The molecule has 0 aliphatic rings. The average molecular weight is 430 g/mol. The van der Waals surface area contributed by atoms with E-state index in [4.69, 9.17) is 23.9 Å². The Morgan fingerprint density at radius 2 is 1.21 bits per heavy atom. The van der Waals surface area contributed by atoms with Gasteiger partial charge in [0.25, 0.3) is 0 Å². The lowest BCUT2D eigenvalue weighted by Crippen LogP contribution is -2.60. The lowest BCUT2D eigenvalue weighted by Gasteiger charge is -2.43. The zero-order valence-electron chi connectivity index (χ0n) is 16.8. The molecule has 0 aliphatic carbocycles. The zero-order valence-corrected chi connectivity index (χ0v) is 21.6. The van der Waals surface area contributed by atoms with Crippen molar-refractivity contribution in [1.29, 1.82) is 0 Å². The highest BCUT2D eigenvalue weighted by Gasteiger charge is 2.49. The first-order valence-corrected chi connectivity index (χ1v) is 21.2. The summed E-state index contributed by atoms with van der Waals surface area (Å²) in [7, 11) is -8.28. The Bertz CT molecular complexity index is 364. The van der Waals surface area contributed by atoms with Crippen LogP contribution in [0.25, 0.3) is 0 Å². The molecule has 0 saturated carbocycles. The van der Waals surface area contributed by atoms with Crippen LogP contribution in [0.15, 0.2) is 0 Å². The standard InChI is InChI=1S/C14H36ClNO4Si4/c1-21(2,3)18-24(19-22(4,5)6,20-23(7,8)9)12-10-11-16-14(17)13-15/h10-13H2,1-9H3,(H,16,17). The molecule has 0 heterocycles. The minimum atomic E-state index is -2.78. The van der Waals surface area contributed by atoms with Crippen LogP contribution in [0.5, 0.6) is 0 Å². The molecule has 0 fully saturated rings. The molecule has 0 rings (SSSR count). The van der Waals surface area contributed by atoms with E-state index in [9.17, 15) is 4.79 Å². The van der Waals surface area contributed by atoms with Crippen LogP contribution in [-0.2, 0) is 17.1 Å². The molecule has 0 aromatic rings. The first-order chi connectivity index (χ1) is 10.6.